The predicted octanol–water partition coefficient (Wildman–Crippen LogP) is 2.33. The van der Waals surface area contributed by atoms with Gasteiger partial charge in [0, 0.05) is 12.6 Å². The van der Waals surface area contributed by atoms with E-state index in [1.165, 1.54) is 31.0 Å². The monoisotopic (exact) mass is 275 g/mol. The molecule has 1 aromatic carbocycles. The van der Waals surface area contributed by atoms with E-state index in [1.54, 1.807) is 0 Å². The molecule has 0 radical (unpaired) electrons. The van der Waals surface area contributed by atoms with Gasteiger partial charge in [-0.15, -0.1) is 0 Å². The molecule has 0 saturated carbocycles. The Kier molecular flexibility index (Phi) is 4.91. The molecule has 1 saturated heterocycles. The fraction of sp³-hybridized carbons (Fsp3) is 0.500. The van der Waals surface area contributed by atoms with Crippen molar-refractivity contribution >= 4 is 5.69 Å². The van der Waals surface area contributed by atoms with Gasteiger partial charge in [-0.1, -0.05) is 0 Å². The van der Waals surface area contributed by atoms with Gasteiger partial charge >= 0.3 is 5.69 Å². The Morgan fingerprint density at radius 1 is 1.40 bits per heavy atom. The molecule has 0 amide bonds. The van der Waals surface area contributed by atoms with Gasteiger partial charge in [0.2, 0.25) is 0 Å². The number of benzene rings is 1. The zero-order valence-corrected chi connectivity index (χ0v) is 11.2. The average Bonchev–Trinajstić information content (AvgIpc) is 2.96. The summed E-state index contributed by atoms with van der Waals surface area (Å²) in [6.07, 6.45) is 3.35. The van der Waals surface area contributed by atoms with Gasteiger partial charge in [-0.2, -0.15) is 5.26 Å². The van der Waals surface area contributed by atoms with Crippen molar-refractivity contribution in [2.45, 2.75) is 19.3 Å². The highest BCUT2D eigenvalue weighted by molar-refractivity contribution is 5.51. The van der Waals surface area contributed by atoms with Gasteiger partial charge in [0.1, 0.15) is 0 Å². The molecule has 0 aromatic heterocycles. The topological polar surface area (TPSA) is 79.4 Å². The Hall–Kier alpha value is -2.13. The number of hydrogen-bond acceptors (Lipinski definition) is 5. The zero-order chi connectivity index (χ0) is 14.4. The van der Waals surface area contributed by atoms with E-state index in [1.807, 2.05) is 6.07 Å². The van der Waals surface area contributed by atoms with Crippen molar-refractivity contribution in [3.05, 3.63) is 33.9 Å². The minimum atomic E-state index is -0.517. The molecule has 1 aromatic rings. The van der Waals surface area contributed by atoms with E-state index in [9.17, 15) is 10.1 Å². The van der Waals surface area contributed by atoms with Crippen molar-refractivity contribution in [2.24, 2.45) is 0 Å². The molecule has 0 bridgehead atoms. The second-order valence-corrected chi connectivity index (χ2v) is 4.80. The summed E-state index contributed by atoms with van der Waals surface area (Å²) < 4.78 is 5.48. The summed E-state index contributed by atoms with van der Waals surface area (Å²) in [5, 5.41) is 19.7. The Balaban J connectivity index is 1.88. The fourth-order valence-electron chi connectivity index (χ4n) is 2.33. The number of ether oxygens (including phenoxy) is 1. The van der Waals surface area contributed by atoms with Crippen LogP contribution in [0.15, 0.2) is 18.2 Å². The van der Waals surface area contributed by atoms with E-state index in [-0.39, 0.29) is 17.0 Å². The molecular formula is C14H17N3O3. The smallest absolute Gasteiger partial charge is 0.312 e. The van der Waals surface area contributed by atoms with Gasteiger partial charge in [0.25, 0.3) is 0 Å². The Morgan fingerprint density at radius 2 is 2.15 bits per heavy atom. The quantitative estimate of drug-likeness (QED) is 0.452. The van der Waals surface area contributed by atoms with Crippen molar-refractivity contribution in [1.29, 1.82) is 5.26 Å². The first-order valence-corrected chi connectivity index (χ1v) is 6.74. The summed E-state index contributed by atoms with van der Waals surface area (Å²) in [4.78, 5) is 12.8. The molecule has 0 spiro atoms. The number of hydrogen-bond donors (Lipinski definition) is 0. The number of nitrogens with zero attached hydrogens (tertiary/aromatic N) is 3. The van der Waals surface area contributed by atoms with Gasteiger partial charge in [0.15, 0.2) is 5.75 Å². The Bertz CT molecular complexity index is 519. The number of rotatable bonds is 6. The lowest BCUT2D eigenvalue weighted by Crippen LogP contribution is -2.22. The minimum absolute atomic E-state index is 0.148. The predicted molar refractivity (Wildman–Crippen MR) is 73.6 cm³/mol. The molecule has 2 rings (SSSR count). The number of nitro groups is 1. The van der Waals surface area contributed by atoms with E-state index in [0.29, 0.717) is 6.61 Å². The normalized spacial score (nSPS) is 14.9. The molecule has 6 nitrogen and oxygen atoms in total. The first kappa shape index (κ1) is 14.3. The summed E-state index contributed by atoms with van der Waals surface area (Å²) in [6, 6.07) is 6.16. The van der Waals surface area contributed by atoms with Gasteiger partial charge < -0.3 is 9.64 Å². The largest absolute Gasteiger partial charge is 0.487 e. The molecule has 0 aliphatic carbocycles. The van der Waals surface area contributed by atoms with Crippen LogP contribution < -0.4 is 4.74 Å². The van der Waals surface area contributed by atoms with Crippen LogP contribution >= 0.6 is 0 Å². The molecular weight excluding hydrogens is 258 g/mol. The van der Waals surface area contributed by atoms with Crippen LogP contribution in [0.2, 0.25) is 0 Å². The number of nitro benzene ring substituents is 1. The Labute approximate surface area is 117 Å². The summed E-state index contributed by atoms with van der Waals surface area (Å²) in [6.45, 7) is 3.68. The third kappa shape index (κ3) is 3.68. The zero-order valence-electron chi connectivity index (χ0n) is 11.2. The van der Waals surface area contributed by atoms with E-state index >= 15 is 0 Å². The molecule has 0 N–H and O–H groups in total. The van der Waals surface area contributed by atoms with Crippen molar-refractivity contribution in [3.8, 4) is 11.8 Å². The number of likely N-dealkylation sites (tertiary alicyclic amines) is 1. The molecule has 20 heavy (non-hydrogen) atoms. The SMILES string of the molecule is N#Cc1ccc(OCCCN2CCCC2)c([N+](=O)[O-])c1. The van der Waals surface area contributed by atoms with Gasteiger partial charge in [0.05, 0.1) is 23.2 Å². The maximum atomic E-state index is 10.9. The van der Waals surface area contributed by atoms with Crippen molar-refractivity contribution in [3.63, 3.8) is 0 Å². The van der Waals surface area contributed by atoms with Crippen molar-refractivity contribution in [2.75, 3.05) is 26.2 Å². The minimum Gasteiger partial charge on any atom is -0.487 e. The summed E-state index contributed by atoms with van der Waals surface area (Å²) in [5.74, 6) is 0.232. The molecule has 6 heteroatoms. The van der Waals surface area contributed by atoms with Crippen LogP contribution in [0.5, 0.6) is 5.75 Å². The van der Waals surface area contributed by atoms with Gasteiger partial charge in [-0.3, -0.25) is 10.1 Å². The third-order valence-electron chi connectivity index (χ3n) is 3.36. The Morgan fingerprint density at radius 3 is 2.80 bits per heavy atom. The van der Waals surface area contributed by atoms with Crippen LogP contribution in [0, 0.1) is 21.4 Å². The van der Waals surface area contributed by atoms with Crippen LogP contribution in [0.25, 0.3) is 0 Å². The first-order chi connectivity index (χ1) is 9.70. The average molecular weight is 275 g/mol. The second-order valence-electron chi connectivity index (χ2n) is 4.80. The summed E-state index contributed by atoms with van der Waals surface area (Å²) in [7, 11) is 0. The maximum absolute atomic E-state index is 10.9. The van der Waals surface area contributed by atoms with Crippen molar-refractivity contribution in [1.82, 2.24) is 4.90 Å². The third-order valence-corrected chi connectivity index (χ3v) is 3.36. The van der Waals surface area contributed by atoms with E-state index in [0.717, 1.165) is 26.1 Å². The summed E-state index contributed by atoms with van der Waals surface area (Å²) in [5.41, 5.74) is 0.117. The lowest BCUT2D eigenvalue weighted by molar-refractivity contribution is -0.385. The maximum Gasteiger partial charge on any atom is 0.312 e. The van der Waals surface area contributed by atoms with Crippen molar-refractivity contribution < 1.29 is 9.66 Å². The molecule has 1 heterocycles. The van der Waals surface area contributed by atoms with E-state index in [2.05, 4.69) is 4.90 Å². The second kappa shape index (κ2) is 6.87. The van der Waals surface area contributed by atoms with Gasteiger partial charge in [-0.25, -0.2) is 0 Å². The van der Waals surface area contributed by atoms with Crippen LogP contribution in [-0.4, -0.2) is 36.1 Å². The standard InChI is InChI=1S/C14H17N3O3/c15-11-12-4-5-14(13(10-12)17(18)19)20-9-3-8-16-6-1-2-7-16/h4-5,10H,1-3,6-9H2. The number of nitriles is 1. The highest BCUT2D eigenvalue weighted by atomic mass is 16.6. The molecule has 1 aliphatic rings. The van der Waals surface area contributed by atoms with Crippen LogP contribution in [-0.2, 0) is 0 Å². The lowest BCUT2D eigenvalue weighted by atomic mass is 10.2. The molecule has 0 atom stereocenters. The van der Waals surface area contributed by atoms with E-state index < -0.39 is 4.92 Å². The molecule has 106 valence electrons. The van der Waals surface area contributed by atoms with Crippen LogP contribution in [0.1, 0.15) is 24.8 Å². The fourth-order valence-corrected chi connectivity index (χ4v) is 2.33. The highest BCUT2D eigenvalue weighted by Gasteiger charge is 2.16. The van der Waals surface area contributed by atoms with Crippen LogP contribution in [0.4, 0.5) is 5.69 Å². The van der Waals surface area contributed by atoms with Gasteiger partial charge in [-0.05, 0) is 44.5 Å². The molecule has 1 aliphatic heterocycles. The lowest BCUT2D eigenvalue weighted by Gasteiger charge is -2.14. The van der Waals surface area contributed by atoms with Crippen LogP contribution in [0.3, 0.4) is 0 Å². The van der Waals surface area contributed by atoms with E-state index in [4.69, 9.17) is 10.00 Å². The summed E-state index contributed by atoms with van der Waals surface area (Å²) >= 11 is 0. The molecule has 1 fully saturated rings. The molecule has 0 unspecified atom stereocenters. The highest BCUT2D eigenvalue weighted by Crippen LogP contribution is 2.27. The first-order valence-electron chi connectivity index (χ1n) is 6.74.